The van der Waals surface area contributed by atoms with Crippen LogP contribution < -0.4 is 0 Å². The highest BCUT2D eigenvalue weighted by molar-refractivity contribution is 5.92. The maximum atomic E-state index is 5.40. The van der Waals surface area contributed by atoms with Gasteiger partial charge in [-0.1, -0.05) is 128 Å². The Hall–Kier alpha value is -6.71. The van der Waals surface area contributed by atoms with E-state index in [4.69, 9.17) is 15.0 Å². The highest BCUT2D eigenvalue weighted by Gasteiger charge is 2.19. The number of allylic oxidation sites excluding steroid dienone is 2. The van der Waals surface area contributed by atoms with Gasteiger partial charge in [-0.25, -0.2) is 9.97 Å². The minimum Gasteiger partial charge on any atom is -0.256 e. The molecule has 0 aliphatic carbocycles. The molecular formula is C50H39N3. The Morgan fingerprint density at radius 2 is 1.19 bits per heavy atom. The van der Waals surface area contributed by atoms with Crippen LogP contribution in [0.3, 0.4) is 0 Å². The maximum absolute atomic E-state index is 5.40. The molecule has 2 aromatic heterocycles. The molecule has 0 aliphatic heterocycles. The molecule has 0 saturated carbocycles. The Kier molecular flexibility index (Phi) is 9.14. The van der Waals surface area contributed by atoms with Crippen LogP contribution in [-0.4, -0.2) is 15.0 Å². The molecule has 0 atom stereocenters. The maximum Gasteiger partial charge on any atom is 0.160 e. The fraction of sp³-hybridized carbons (Fsp3) is 0.0600. The summed E-state index contributed by atoms with van der Waals surface area (Å²) in [6.45, 7) is 10.7. The third kappa shape index (κ3) is 6.85. The lowest BCUT2D eigenvalue weighted by Gasteiger charge is -2.17. The number of nitrogens with zero attached hydrogens (tertiary/aromatic N) is 3. The summed E-state index contributed by atoms with van der Waals surface area (Å²) in [6, 6.07) is 53.1. The Morgan fingerprint density at radius 3 is 2.00 bits per heavy atom. The van der Waals surface area contributed by atoms with E-state index < -0.39 is 0 Å². The lowest BCUT2D eigenvalue weighted by Crippen LogP contribution is -2.02. The summed E-state index contributed by atoms with van der Waals surface area (Å²) in [5.74, 6) is 0.658. The van der Waals surface area contributed by atoms with Crippen LogP contribution in [-0.2, 0) is 0 Å². The van der Waals surface area contributed by atoms with Gasteiger partial charge < -0.3 is 0 Å². The normalized spacial score (nSPS) is 11.5. The van der Waals surface area contributed by atoms with Gasteiger partial charge in [-0.15, -0.1) is 0 Å². The molecule has 0 fully saturated rings. The van der Waals surface area contributed by atoms with E-state index in [1.54, 1.807) is 0 Å². The number of rotatable bonds is 8. The molecule has 0 aliphatic rings. The Bertz CT molecular complexity index is 2670. The van der Waals surface area contributed by atoms with Crippen molar-refractivity contribution in [1.82, 2.24) is 15.0 Å². The van der Waals surface area contributed by atoms with E-state index >= 15 is 0 Å². The zero-order valence-corrected chi connectivity index (χ0v) is 30.2. The van der Waals surface area contributed by atoms with Crippen LogP contribution in [0.5, 0.6) is 0 Å². The topological polar surface area (TPSA) is 38.7 Å². The van der Waals surface area contributed by atoms with Crippen molar-refractivity contribution in [3.63, 3.8) is 0 Å². The lowest BCUT2D eigenvalue weighted by atomic mass is 9.93. The van der Waals surface area contributed by atoms with Gasteiger partial charge in [-0.3, -0.25) is 4.98 Å². The van der Waals surface area contributed by atoms with Gasteiger partial charge in [0.2, 0.25) is 0 Å². The van der Waals surface area contributed by atoms with E-state index in [2.05, 4.69) is 167 Å². The lowest BCUT2D eigenvalue weighted by molar-refractivity contribution is 1.14. The van der Waals surface area contributed by atoms with Crippen LogP contribution in [0.4, 0.5) is 0 Å². The van der Waals surface area contributed by atoms with Gasteiger partial charge in [0, 0.05) is 39.4 Å². The SMILES string of the molecule is C=C/C(=C\c1ccccc1C)c1cc(-c2cnc3ccccc3c2)cc(-c2nc(-c3cccc(-c4ccccc4)c3)c(C)c(-c3ccccc3C)n2)c1. The first-order chi connectivity index (χ1) is 25.9. The summed E-state index contributed by atoms with van der Waals surface area (Å²) in [4.78, 5) is 15.6. The predicted molar refractivity (Wildman–Crippen MR) is 223 cm³/mol. The van der Waals surface area contributed by atoms with Gasteiger partial charge >= 0.3 is 0 Å². The summed E-state index contributed by atoms with van der Waals surface area (Å²) >= 11 is 0. The van der Waals surface area contributed by atoms with Crippen LogP contribution in [0.2, 0.25) is 0 Å². The van der Waals surface area contributed by atoms with Gasteiger partial charge in [-0.05, 0) is 108 Å². The van der Waals surface area contributed by atoms with E-state index in [0.717, 1.165) is 83.5 Å². The molecule has 2 heterocycles. The minimum absolute atomic E-state index is 0.658. The van der Waals surface area contributed by atoms with Crippen LogP contribution in [0.15, 0.2) is 171 Å². The minimum atomic E-state index is 0.658. The first-order valence-corrected chi connectivity index (χ1v) is 18.0. The van der Waals surface area contributed by atoms with Crippen molar-refractivity contribution in [2.75, 3.05) is 0 Å². The van der Waals surface area contributed by atoms with Crippen molar-refractivity contribution < 1.29 is 0 Å². The summed E-state index contributed by atoms with van der Waals surface area (Å²) in [5.41, 5.74) is 16.8. The van der Waals surface area contributed by atoms with E-state index in [1.807, 2.05) is 30.5 Å². The van der Waals surface area contributed by atoms with Crippen molar-refractivity contribution in [3.8, 4) is 56.2 Å². The van der Waals surface area contributed by atoms with Crippen molar-refractivity contribution in [1.29, 1.82) is 0 Å². The van der Waals surface area contributed by atoms with Gasteiger partial charge in [0.05, 0.1) is 16.9 Å². The molecule has 8 aromatic rings. The molecule has 8 rings (SSSR count). The molecule has 0 amide bonds. The number of aryl methyl sites for hydroxylation is 2. The van der Waals surface area contributed by atoms with E-state index in [1.165, 1.54) is 11.1 Å². The molecule has 0 unspecified atom stereocenters. The van der Waals surface area contributed by atoms with Crippen LogP contribution >= 0.6 is 0 Å². The number of aromatic nitrogens is 3. The monoisotopic (exact) mass is 681 g/mol. The molecular weight excluding hydrogens is 643 g/mol. The Balaban J connectivity index is 1.38. The van der Waals surface area contributed by atoms with E-state index in [9.17, 15) is 0 Å². The van der Waals surface area contributed by atoms with Gasteiger partial charge in [0.25, 0.3) is 0 Å². The predicted octanol–water partition coefficient (Wildman–Crippen LogP) is 13.0. The van der Waals surface area contributed by atoms with Crippen molar-refractivity contribution >= 4 is 22.6 Å². The molecule has 254 valence electrons. The first kappa shape index (κ1) is 33.4. The van der Waals surface area contributed by atoms with Crippen LogP contribution in [0.25, 0.3) is 78.7 Å². The average molecular weight is 682 g/mol. The highest BCUT2D eigenvalue weighted by atomic mass is 14.9. The van der Waals surface area contributed by atoms with E-state index in [-0.39, 0.29) is 0 Å². The fourth-order valence-electron chi connectivity index (χ4n) is 7.00. The third-order valence-corrected chi connectivity index (χ3v) is 9.96. The number of para-hydroxylation sites is 1. The number of hydrogen-bond donors (Lipinski definition) is 0. The van der Waals surface area contributed by atoms with Crippen LogP contribution in [0, 0.1) is 20.8 Å². The van der Waals surface area contributed by atoms with Crippen molar-refractivity contribution in [2.45, 2.75) is 20.8 Å². The molecule has 0 bridgehead atoms. The number of hydrogen-bond acceptors (Lipinski definition) is 3. The molecule has 3 nitrogen and oxygen atoms in total. The molecule has 0 N–H and O–H groups in total. The summed E-state index contributed by atoms with van der Waals surface area (Å²) in [7, 11) is 0. The number of pyridine rings is 1. The second-order valence-corrected chi connectivity index (χ2v) is 13.5. The smallest absolute Gasteiger partial charge is 0.160 e. The van der Waals surface area contributed by atoms with Gasteiger partial charge in [-0.2, -0.15) is 0 Å². The molecule has 0 radical (unpaired) electrons. The quantitative estimate of drug-likeness (QED) is 0.118. The number of fused-ring (bicyclic) bond motifs is 1. The fourth-order valence-corrected chi connectivity index (χ4v) is 7.00. The zero-order valence-electron chi connectivity index (χ0n) is 30.2. The van der Waals surface area contributed by atoms with Crippen LogP contribution in [0.1, 0.15) is 27.8 Å². The molecule has 0 spiro atoms. The highest BCUT2D eigenvalue weighted by Crippen LogP contribution is 2.37. The summed E-state index contributed by atoms with van der Waals surface area (Å²) < 4.78 is 0. The third-order valence-electron chi connectivity index (χ3n) is 9.96. The van der Waals surface area contributed by atoms with E-state index in [0.29, 0.717) is 5.82 Å². The second kappa shape index (κ2) is 14.5. The zero-order chi connectivity index (χ0) is 36.3. The van der Waals surface area contributed by atoms with Crippen molar-refractivity contribution in [2.24, 2.45) is 0 Å². The Labute approximate surface area is 311 Å². The van der Waals surface area contributed by atoms with Crippen molar-refractivity contribution in [3.05, 3.63) is 198 Å². The molecule has 6 aromatic carbocycles. The molecule has 53 heavy (non-hydrogen) atoms. The second-order valence-electron chi connectivity index (χ2n) is 13.5. The summed E-state index contributed by atoms with van der Waals surface area (Å²) in [6.07, 6.45) is 6.10. The first-order valence-electron chi connectivity index (χ1n) is 18.0. The molecule has 3 heteroatoms. The standard InChI is InChI=1S/C50H39N3/c1-5-36(26-38-20-11-9-16-33(38)2)42-29-43(45-28-40-21-12-14-25-47(40)51-32-45)31-44(30-42)50-52-48(35(4)49(53-50)46-24-13-10-17-34(46)3)41-23-15-22-39(27-41)37-18-7-6-8-19-37/h5-32H,1H2,2-4H3/b36-26+. The average Bonchev–Trinajstić information content (AvgIpc) is 3.21. The largest absolute Gasteiger partial charge is 0.256 e. The number of benzene rings is 6. The van der Waals surface area contributed by atoms with Gasteiger partial charge in [0.15, 0.2) is 5.82 Å². The molecule has 0 saturated heterocycles. The summed E-state index contributed by atoms with van der Waals surface area (Å²) in [5, 5.41) is 1.09. The van der Waals surface area contributed by atoms with Gasteiger partial charge in [0.1, 0.15) is 0 Å². The Morgan fingerprint density at radius 1 is 0.528 bits per heavy atom.